The van der Waals surface area contributed by atoms with E-state index in [0.717, 1.165) is 19.3 Å². The number of hydrogen-bond acceptors (Lipinski definition) is 4. The Labute approximate surface area is 113 Å². The monoisotopic (exact) mass is 257 g/mol. The number of hydrogen-bond donors (Lipinski definition) is 1. The second-order valence-electron chi connectivity index (χ2n) is 5.39. The number of aryl methyl sites for hydroxylation is 1. The summed E-state index contributed by atoms with van der Waals surface area (Å²) in [6.45, 7) is 1.81. The van der Waals surface area contributed by atoms with Crippen molar-refractivity contribution in [3.63, 3.8) is 0 Å². The Kier molecular flexibility index (Phi) is 3.11. The van der Waals surface area contributed by atoms with Crippen LogP contribution in [0.1, 0.15) is 48.9 Å². The standard InChI is InChI=1S/C15H19N3O/c1-11-17-14(18-19-11)15(16)10-6-5-9-13(15)12-7-3-2-4-8-12/h2-4,7-8,13H,5-6,9-10,16H2,1H3. The molecule has 4 heteroatoms. The highest BCUT2D eigenvalue weighted by Gasteiger charge is 2.43. The molecule has 1 aromatic carbocycles. The Hall–Kier alpha value is -1.68. The SMILES string of the molecule is Cc1nc(C2(N)CCCCC2c2ccccc2)no1. The van der Waals surface area contributed by atoms with Gasteiger partial charge in [0.25, 0.3) is 0 Å². The summed E-state index contributed by atoms with van der Waals surface area (Å²) in [5.41, 5.74) is 7.45. The predicted molar refractivity (Wildman–Crippen MR) is 72.6 cm³/mol. The van der Waals surface area contributed by atoms with Gasteiger partial charge in [-0.25, -0.2) is 0 Å². The summed E-state index contributed by atoms with van der Waals surface area (Å²) in [7, 11) is 0. The molecule has 2 aromatic rings. The molecule has 1 aromatic heterocycles. The van der Waals surface area contributed by atoms with E-state index < -0.39 is 5.54 Å². The third-order valence-electron chi connectivity index (χ3n) is 4.10. The average Bonchev–Trinajstić information content (AvgIpc) is 2.88. The minimum atomic E-state index is -0.503. The van der Waals surface area contributed by atoms with E-state index in [9.17, 15) is 0 Å². The van der Waals surface area contributed by atoms with E-state index in [1.54, 1.807) is 6.92 Å². The van der Waals surface area contributed by atoms with Gasteiger partial charge in [0.2, 0.25) is 5.89 Å². The van der Waals surface area contributed by atoms with Crippen molar-refractivity contribution in [2.75, 3.05) is 0 Å². The first-order valence-corrected chi connectivity index (χ1v) is 6.85. The van der Waals surface area contributed by atoms with Crippen LogP contribution in [0.3, 0.4) is 0 Å². The summed E-state index contributed by atoms with van der Waals surface area (Å²) in [5.74, 6) is 1.50. The molecule has 4 nitrogen and oxygen atoms in total. The molecule has 0 saturated heterocycles. The average molecular weight is 257 g/mol. The van der Waals surface area contributed by atoms with Gasteiger partial charge in [0.05, 0.1) is 5.54 Å². The maximum absolute atomic E-state index is 6.68. The molecule has 0 amide bonds. The van der Waals surface area contributed by atoms with Crippen LogP contribution in [0.5, 0.6) is 0 Å². The lowest BCUT2D eigenvalue weighted by atomic mass is 9.70. The van der Waals surface area contributed by atoms with E-state index in [4.69, 9.17) is 10.3 Å². The van der Waals surface area contributed by atoms with E-state index >= 15 is 0 Å². The normalized spacial score (nSPS) is 27.4. The fourth-order valence-corrected chi connectivity index (χ4v) is 3.10. The third-order valence-corrected chi connectivity index (χ3v) is 4.10. The van der Waals surface area contributed by atoms with E-state index in [-0.39, 0.29) is 5.92 Å². The predicted octanol–water partition coefficient (Wildman–Crippen LogP) is 2.89. The molecule has 3 rings (SSSR count). The number of aromatic nitrogens is 2. The highest BCUT2D eigenvalue weighted by atomic mass is 16.5. The molecular formula is C15H19N3O. The Morgan fingerprint density at radius 3 is 2.74 bits per heavy atom. The zero-order valence-electron chi connectivity index (χ0n) is 11.2. The lowest BCUT2D eigenvalue weighted by molar-refractivity contribution is 0.233. The molecule has 0 bridgehead atoms. The van der Waals surface area contributed by atoms with Crippen molar-refractivity contribution in [2.24, 2.45) is 5.73 Å². The van der Waals surface area contributed by atoms with E-state index in [2.05, 4.69) is 34.4 Å². The van der Waals surface area contributed by atoms with Crippen molar-refractivity contribution in [1.29, 1.82) is 0 Å². The molecule has 19 heavy (non-hydrogen) atoms. The van der Waals surface area contributed by atoms with Gasteiger partial charge in [-0.3, -0.25) is 0 Å². The van der Waals surface area contributed by atoms with E-state index in [0.29, 0.717) is 11.7 Å². The van der Waals surface area contributed by atoms with Gasteiger partial charge in [0, 0.05) is 12.8 Å². The summed E-state index contributed by atoms with van der Waals surface area (Å²) >= 11 is 0. The number of benzene rings is 1. The Bertz CT molecular complexity index is 552. The lowest BCUT2D eigenvalue weighted by Gasteiger charge is -2.39. The van der Waals surface area contributed by atoms with Crippen LogP contribution in [0.15, 0.2) is 34.9 Å². The van der Waals surface area contributed by atoms with Crippen molar-refractivity contribution in [3.8, 4) is 0 Å². The summed E-state index contributed by atoms with van der Waals surface area (Å²) in [4.78, 5) is 4.38. The fourth-order valence-electron chi connectivity index (χ4n) is 3.10. The molecule has 0 aliphatic heterocycles. The quantitative estimate of drug-likeness (QED) is 0.898. The van der Waals surface area contributed by atoms with Crippen molar-refractivity contribution >= 4 is 0 Å². The first-order chi connectivity index (χ1) is 9.20. The Balaban J connectivity index is 2.01. The first kappa shape index (κ1) is 12.4. The topological polar surface area (TPSA) is 64.9 Å². The maximum atomic E-state index is 6.68. The molecule has 1 aliphatic rings. The summed E-state index contributed by atoms with van der Waals surface area (Å²) in [6.07, 6.45) is 4.31. The number of nitrogens with zero attached hydrogens (tertiary/aromatic N) is 2. The smallest absolute Gasteiger partial charge is 0.223 e. The van der Waals surface area contributed by atoms with Gasteiger partial charge in [-0.15, -0.1) is 0 Å². The van der Waals surface area contributed by atoms with Crippen LogP contribution in [0.25, 0.3) is 0 Å². The van der Waals surface area contributed by atoms with Gasteiger partial charge in [0.1, 0.15) is 0 Å². The van der Waals surface area contributed by atoms with Gasteiger partial charge < -0.3 is 10.3 Å². The molecule has 1 heterocycles. The molecular weight excluding hydrogens is 238 g/mol. The molecule has 2 atom stereocenters. The fraction of sp³-hybridized carbons (Fsp3) is 0.467. The molecule has 1 aliphatic carbocycles. The zero-order chi connectivity index (χ0) is 13.3. The molecule has 2 unspecified atom stereocenters. The molecule has 1 fully saturated rings. The van der Waals surface area contributed by atoms with Crippen LogP contribution in [-0.4, -0.2) is 10.1 Å². The Morgan fingerprint density at radius 1 is 1.26 bits per heavy atom. The van der Waals surface area contributed by atoms with Crippen molar-refractivity contribution in [2.45, 2.75) is 44.1 Å². The molecule has 100 valence electrons. The van der Waals surface area contributed by atoms with Crippen LogP contribution in [0.2, 0.25) is 0 Å². The third kappa shape index (κ3) is 2.16. The minimum absolute atomic E-state index is 0.263. The highest BCUT2D eigenvalue weighted by molar-refractivity contribution is 5.27. The lowest BCUT2D eigenvalue weighted by Crippen LogP contribution is -2.45. The van der Waals surface area contributed by atoms with Crippen LogP contribution >= 0.6 is 0 Å². The van der Waals surface area contributed by atoms with Gasteiger partial charge in [-0.1, -0.05) is 48.3 Å². The summed E-state index contributed by atoms with van der Waals surface area (Å²) in [5, 5.41) is 4.08. The van der Waals surface area contributed by atoms with Crippen LogP contribution in [-0.2, 0) is 5.54 Å². The van der Waals surface area contributed by atoms with E-state index in [1.807, 2.05) is 6.07 Å². The largest absolute Gasteiger partial charge is 0.340 e. The van der Waals surface area contributed by atoms with Crippen molar-refractivity contribution in [1.82, 2.24) is 10.1 Å². The second kappa shape index (κ2) is 4.78. The minimum Gasteiger partial charge on any atom is -0.340 e. The van der Waals surface area contributed by atoms with Crippen LogP contribution in [0.4, 0.5) is 0 Å². The molecule has 2 N–H and O–H groups in total. The van der Waals surface area contributed by atoms with Crippen molar-refractivity contribution < 1.29 is 4.52 Å². The van der Waals surface area contributed by atoms with E-state index in [1.165, 1.54) is 12.0 Å². The molecule has 0 radical (unpaired) electrons. The molecule has 0 spiro atoms. The number of rotatable bonds is 2. The van der Waals surface area contributed by atoms with Crippen LogP contribution in [0, 0.1) is 6.92 Å². The summed E-state index contributed by atoms with van der Waals surface area (Å²) in [6, 6.07) is 10.4. The van der Waals surface area contributed by atoms with Gasteiger partial charge >= 0.3 is 0 Å². The molecule has 1 saturated carbocycles. The Morgan fingerprint density at radius 2 is 2.05 bits per heavy atom. The maximum Gasteiger partial charge on any atom is 0.223 e. The van der Waals surface area contributed by atoms with Gasteiger partial charge in [-0.2, -0.15) is 4.98 Å². The van der Waals surface area contributed by atoms with Crippen LogP contribution < -0.4 is 5.73 Å². The number of nitrogens with two attached hydrogens (primary N) is 1. The second-order valence-corrected chi connectivity index (χ2v) is 5.39. The van der Waals surface area contributed by atoms with Gasteiger partial charge in [-0.05, 0) is 18.4 Å². The first-order valence-electron chi connectivity index (χ1n) is 6.85. The van der Waals surface area contributed by atoms with Crippen molar-refractivity contribution in [3.05, 3.63) is 47.6 Å². The zero-order valence-corrected chi connectivity index (χ0v) is 11.2. The highest BCUT2D eigenvalue weighted by Crippen LogP contribution is 2.44. The van der Waals surface area contributed by atoms with Gasteiger partial charge in [0.15, 0.2) is 5.82 Å². The summed E-state index contributed by atoms with van der Waals surface area (Å²) < 4.78 is 5.13.